The number of carbonyl (C=O) groups excluding carboxylic acids is 1. The van der Waals surface area contributed by atoms with E-state index < -0.39 is 28.9 Å². The maximum atomic E-state index is 13.8. The molecular formula is C24H28FN5O4. The molecule has 0 saturated heterocycles. The van der Waals surface area contributed by atoms with Crippen LogP contribution in [0.2, 0.25) is 0 Å². The fraction of sp³-hybridized carbons (Fsp3) is 0.292. The van der Waals surface area contributed by atoms with Crippen LogP contribution in [0.3, 0.4) is 0 Å². The lowest BCUT2D eigenvalue weighted by Crippen LogP contribution is -2.38. The van der Waals surface area contributed by atoms with Crippen molar-refractivity contribution in [3.8, 4) is 5.75 Å². The van der Waals surface area contributed by atoms with Gasteiger partial charge in [0.25, 0.3) is 17.0 Å². The zero-order valence-electron chi connectivity index (χ0n) is 19.7. The van der Waals surface area contributed by atoms with Crippen LogP contribution in [0.1, 0.15) is 35.3 Å². The quantitative estimate of drug-likeness (QED) is 0.459. The molecule has 9 nitrogen and oxygen atoms in total. The van der Waals surface area contributed by atoms with Gasteiger partial charge in [0.2, 0.25) is 0 Å². The number of halogens is 1. The number of nitrogens with zero attached hydrogens (tertiary/aromatic N) is 3. The van der Waals surface area contributed by atoms with Crippen molar-refractivity contribution in [2.24, 2.45) is 14.1 Å². The predicted octanol–water partition coefficient (Wildman–Crippen LogP) is 2.94. The van der Waals surface area contributed by atoms with Gasteiger partial charge >= 0.3 is 0 Å². The predicted molar refractivity (Wildman–Crippen MR) is 129 cm³/mol. The molecule has 2 aromatic carbocycles. The van der Waals surface area contributed by atoms with Crippen LogP contribution in [0, 0.1) is 5.82 Å². The fourth-order valence-electron chi connectivity index (χ4n) is 3.57. The second kappa shape index (κ2) is 9.82. The summed E-state index contributed by atoms with van der Waals surface area (Å²) in [6.45, 7) is 1.86. The molecule has 1 amide bonds. The fourth-order valence-corrected chi connectivity index (χ4v) is 3.57. The Morgan fingerprint density at radius 1 is 1.06 bits per heavy atom. The second-order valence-electron chi connectivity index (χ2n) is 8.09. The molecular weight excluding hydrogens is 441 g/mol. The van der Waals surface area contributed by atoms with Crippen molar-refractivity contribution in [3.05, 3.63) is 80.1 Å². The molecule has 0 aliphatic heterocycles. The largest absolute Gasteiger partial charge is 0.505 e. The van der Waals surface area contributed by atoms with Gasteiger partial charge < -0.3 is 20.6 Å². The maximum absolute atomic E-state index is 13.8. The van der Waals surface area contributed by atoms with E-state index in [0.29, 0.717) is 12.0 Å². The number of amides is 1. The van der Waals surface area contributed by atoms with Gasteiger partial charge in [-0.3, -0.25) is 14.4 Å². The summed E-state index contributed by atoms with van der Waals surface area (Å²) in [6.07, 6.45) is 0.499. The number of hydrogen-bond acceptors (Lipinski definition) is 6. The third-order valence-corrected chi connectivity index (χ3v) is 5.63. The number of anilines is 3. The number of phenolic OH excluding ortho intramolecular Hbond substituents is 1. The molecule has 3 rings (SSSR count). The Morgan fingerprint density at radius 2 is 1.68 bits per heavy atom. The number of carbonyl (C=O) groups is 1. The van der Waals surface area contributed by atoms with E-state index in [1.54, 1.807) is 32.3 Å². The van der Waals surface area contributed by atoms with Crippen LogP contribution in [0.4, 0.5) is 21.5 Å². The van der Waals surface area contributed by atoms with Gasteiger partial charge in [0.15, 0.2) is 5.75 Å². The van der Waals surface area contributed by atoms with Crippen LogP contribution in [0.5, 0.6) is 5.75 Å². The molecule has 180 valence electrons. The Kier molecular flexibility index (Phi) is 7.09. The van der Waals surface area contributed by atoms with Crippen LogP contribution < -0.4 is 21.8 Å². The second-order valence-corrected chi connectivity index (χ2v) is 8.09. The molecule has 1 heterocycles. The molecule has 0 bridgehead atoms. The summed E-state index contributed by atoms with van der Waals surface area (Å²) in [5.41, 5.74) is -0.452. The Hall–Kier alpha value is -4.08. The molecule has 3 aromatic rings. The molecule has 1 atom stereocenters. The molecule has 0 spiro atoms. The van der Waals surface area contributed by atoms with Gasteiger partial charge in [0.05, 0.1) is 17.3 Å². The number of hydrogen-bond donors (Lipinski definition) is 3. The van der Waals surface area contributed by atoms with Crippen molar-refractivity contribution in [1.82, 2.24) is 14.3 Å². The molecule has 0 aliphatic rings. The van der Waals surface area contributed by atoms with E-state index >= 15 is 0 Å². The molecule has 0 radical (unpaired) electrons. The van der Waals surface area contributed by atoms with Gasteiger partial charge in [-0.2, -0.15) is 0 Å². The minimum Gasteiger partial charge on any atom is -0.505 e. The smallest absolute Gasteiger partial charge is 0.290 e. The van der Waals surface area contributed by atoms with Crippen molar-refractivity contribution in [3.63, 3.8) is 0 Å². The number of rotatable bonds is 7. The lowest BCUT2D eigenvalue weighted by molar-refractivity contribution is 0.0824. The van der Waals surface area contributed by atoms with E-state index in [1.807, 2.05) is 6.92 Å². The number of nitrogens with one attached hydrogen (secondary N) is 2. The van der Waals surface area contributed by atoms with Gasteiger partial charge in [-0.1, -0.05) is 25.1 Å². The average Bonchev–Trinajstić information content (AvgIpc) is 2.81. The lowest BCUT2D eigenvalue weighted by Gasteiger charge is -2.22. The first-order chi connectivity index (χ1) is 16.1. The highest BCUT2D eigenvalue weighted by Gasteiger charge is 2.22. The molecule has 10 heteroatoms. The van der Waals surface area contributed by atoms with Crippen LogP contribution >= 0.6 is 0 Å². The third kappa shape index (κ3) is 4.66. The van der Waals surface area contributed by atoms with Gasteiger partial charge in [-0.05, 0) is 36.2 Å². The number of aromatic nitrogens is 2. The maximum Gasteiger partial charge on any atom is 0.290 e. The zero-order valence-corrected chi connectivity index (χ0v) is 19.7. The molecule has 0 fully saturated rings. The Morgan fingerprint density at radius 3 is 2.26 bits per heavy atom. The van der Waals surface area contributed by atoms with Gasteiger partial charge in [-0.15, -0.1) is 0 Å². The van der Waals surface area contributed by atoms with Gasteiger partial charge in [0.1, 0.15) is 17.2 Å². The van der Waals surface area contributed by atoms with E-state index in [9.17, 15) is 23.9 Å². The summed E-state index contributed by atoms with van der Waals surface area (Å²) < 4.78 is 16.1. The van der Waals surface area contributed by atoms with Crippen molar-refractivity contribution in [2.75, 3.05) is 24.7 Å². The summed E-state index contributed by atoms with van der Waals surface area (Å²) in [4.78, 5) is 40.0. The van der Waals surface area contributed by atoms with E-state index in [4.69, 9.17) is 0 Å². The van der Waals surface area contributed by atoms with Crippen LogP contribution in [-0.2, 0) is 14.1 Å². The monoisotopic (exact) mass is 469 g/mol. The summed E-state index contributed by atoms with van der Waals surface area (Å²) in [6, 6.07) is 10.0. The Balaban J connectivity index is 2.14. The topological polar surface area (TPSA) is 109 Å². The zero-order chi connectivity index (χ0) is 25.2. The Labute approximate surface area is 196 Å². The number of aromatic hydroxyl groups is 1. The highest BCUT2D eigenvalue weighted by atomic mass is 19.1. The molecule has 34 heavy (non-hydrogen) atoms. The van der Waals surface area contributed by atoms with Crippen molar-refractivity contribution in [2.45, 2.75) is 19.4 Å². The molecule has 0 aliphatic carbocycles. The summed E-state index contributed by atoms with van der Waals surface area (Å²) in [5, 5.41) is 16.6. The number of benzene rings is 2. The number of para-hydroxylation sites is 1. The van der Waals surface area contributed by atoms with Crippen molar-refractivity contribution < 1.29 is 14.3 Å². The van der Waals surface area contributed by atoms with Gasteiger partial charge in [-0.25, -0.2) is 13.8 Å². The van der Waals surface area contributed by atoms with E-state index in [-0.39, 0.29) is 28.4 Å². The minimum atomic E-state index is -0.539. The van der Waals surface area contributed by atoms with Crippen LogP contribution in [0.25, 0.3) is 0 Å². The van der Waals surface area contributed by atoms with Crippen molar-refractivity contribution in [1.29, 1.82) is 0 Å². The van der Waals surface area contributed by atoms with E-state index in [1.165, 1.54) is 43.3 Å². The average molecular weight is 470 g/mol. The first-order valence-corrected chi connectivity index (χ1v) is 10.7. The van der Waals surface area contributed by atoms with Crippen molar-refractivity contribution >= 4 is 23.0 Å². The summed E-state index contributed by atoms with van der Waals surface area (Å²) >= 11 is 0. The highest BCUT2D eigenvalue weighted by Crippen LogP contribution is 2.32. The lowest BCUT2D eigenvalue weighted by atomic mass is 10.0. The molecule has 0 saturated carbocycles. The highest BCUT2D eigenvalue weighted by molar-refractivity contribution is 5.98. The van der Waals surface area contributed by atoms with E-state index in [2.05, 4.69) is 10.6 Å². The standard InChI is InChI=1S/C24H28FN5O4/c1-6-17(14-9-7-10-15(25)13-14)26-19-20(24(34)30(5)29(4)23(19)33)27-18-12-8-11-16(21(18)31)22(32)28(2)3/h7-13,17,26-27,31H,6H2,1-5H3/t17-/m1/s1. The summed E-state index contributed by atoms with van der Waals surface area (Å²) in [7, 11) is 6.00. The normalized spacial score (nSPS) is 11.7. The first kappa shape index (κ1) is 24.6. The minimum absolute atomic E-state index is 0.0366. The van der Waals surface area contributed by atoms with E-state index in [0.717, 1.165) is 9.36 Å². The van der Waals surface area contributed by atoms with Crippen LogP contribution in [-0.4, -0.2) is 39.4 Å². The first-order valence-electron chi connectivity index (χ1n) is 10.7. The summed E-state index contributed by atoms with van der Waals surface area (Å²) in [5.74, 6) is -1.19. The Bertz CT molecular complexity index is 1350. The molecule has 1 aromatic heterocycles. The van der Waals surface area contributed by atoms with Gasteiger partial charge in [0, 0.05) is 28.2 Å². The molecule has 0 unspecified atom stereocenters. The SMILES string of the molecule is CC[C@@H](Nc1c(Nc2cccc(C(=O)N(C)C)c2O)c(=O)n(C)n(C)c1=O)c1cccc(F)c1. The molecule has 3 N–H and O–H groups in total. The third-order valence-electron chi connectivity index (χ3n) is 5.63. The van der Waals surface area contributed by atoms with Crippen LogP contribution in [0.15, 0.2) is 52.1 Å². The number of phenols is 1.